The van der Waals surface area contributed by atoms with Gasteiger partial charge >= 0.3 is 5.63 Å². The largest absolute Gasteiger partial charge is 0.486 e. The summed E-state index contributed by atoms with van der Waals surface area (Å²) in [5.41, 5.74) is 2.69. The van der Waals surface area contributed by atoms with Gasteiger partial charge in [-0.2, -0.15) is 0 Å². The molecule has 0 atom stereocenters. The normalized spacial score (nSPS) is 12.9. The lowest BCUT2D eigenvalue weighted by molar-refractivity contribution is -0.117. The zero-order chi connectivity index (χ0) is 21.1. The maximum Gasteiger partial charge on any atom is 0.336 e. The summed E-state index contributed by atoms with van der Waals surface area (Å²) in [7, 11) is 0. The number of hydrogen-bond donors (Lipinski definition) is 1. The summed E-state index contributed by atoms with van der Waals surface area (Å²) in [6.07, 6.45) is 0. The van der Waals surface area contributed by atoms with E-state index in [1.165, 1.54) is 6.07 Å². The summed E-state index contributed by atoms with van der Waals surface area (Å²) < 4.78 is 16.4. The highest BCUT2D eigenvalue weighted by atomic mass is 16.6. The van der Waals surface area contributed by atoms with Crippen molar-refractivity contribution in [1.82, 2.24) is 4.90 Å². The van der Waals surface area contributed by atoms with Gasteiger partial charge in [0.1, 0.15) is 18.8 Å². The van der Waals surface area contributed by atoms with Crippen molar-refractivity contribution in [1.29, 1.82) is 0 Å². The van der Waals surface area contributed by atoms with Crippen molar-refractivity contribution in [2.75, 3.05) is 31.6 Å². The minimum absolute atomic E-state index is 0.142. The number of carbonyl (C=O) groups excluding carboxylic acids is 1. The minimum atomic E-state index is -0.389. The highest BCUT2D eigenvalue weighted by molar-refractivity contribution is 5.92. The van der Waals surface area contributed by atoms with Gasteiger partial charge in [0.15, 0.2) is 11.5 Å². The maximum absolute atomic E-state index is 12.6. The van der Waals surface area contributed by atoms with Crippen LogP contribution in [0.4, 0.5) is 5.69 Å². The molecular weight excluding hydrogens is 384 g/mol. The molecule has 1 aliphatic heterocycles. The highest BCUT2D eigenvalue weighted by Crippen LogP contribution is 2.32. The van der Waals surface area contributed by atoms with Crippen LogP contribution < -0.4 is 20.4 Å². The Hall–Kier alpha value is -3.32. The first-order chi connectivity index (χ1) is 14.5. The predicted molar refractivity (Wildman–Crippen MR) is 114 cm³/mol. The number of amides is 1. The van der Waals surface area contributed by atoms with Crippen molar-refractivity contribution >= 4 is 22.6 Å². The number of nitrogens with zero attached hydrogens (tertiary/aromatic N) is 1. The number of carbonyl (C=O) groups is 1. The van der Waals surface area contributed by atoms with E-state index in [1.54, 1.807) is 18.2 Å². The van der Waals surface area contributed by atoms with Crippen LogP contribution in [0.15, 0.2) is 51.7 Å². The molecule has 1 N–H and O–H groups in total. The van der Waals surface area contributed by atoms with E-state index in [0.29, 0.717) is 49.1 Å². The molecule has 2 heterocycles. The van der Waals surface area contributed by atoms with Crippen LogP contribution in [0.1, 0.15) is 18.1 Å². The number of nitrogens with one attached hydrogen (secondary N) is 1. The summed E-state index contributed by atoms with van der Waals surface area (Å²) in [5, 5.41) is 3.78. The highest BCUT2D eigenvalue weighted by Gasteiger charge is 2.16. The van der Waals surface area contributed by atoms with Gasteiger partial charge in [-0.15, -0.1) is 0 Å². The number of benzene rings is 2. The summed E-state index contributed by atoms with van der Waals surface area (Å²) in [6, 6.07) is 12.6. The van der Waals surface area contributed by atoms with Crippen LogP contribution in [0, 0.1) is 6.92 Å². The van der Waals surface area contributed by atoms with Crippen molar-refractivity contribution in [3.63, 3.8) is 0 Å². The van der Waals surface area contributed by atoms with Gasteiger partial charge in [-0.1, -0.05) is 19.1 Å². The number of fused-ring (bicyclic) bond motifs is 2. The van der Waals surface area contributed by atoms with E-state index in [9.17, 15) is 9.59 Å². The standard InChI is InChI=1S/C23H24N2O5/c1-3-25(13-16-11-23(27)30-20-10-15(2)4-6-18(16)20)14-22(26)24-17-5-7-19-21(12-17)29-9-8-28-19/h4-7,10-12H,3,8-9,13-14H2,1-2H3,(H,24,26). The second kappa shape index (κ2) is 8.59. The molecule has 4 rings (SSSR count). The van der Waals surface area contributed by atoms with Crippen LogP contribution in [-0.2, 0) is 11.3 Å². The van der Waals surface area contributed by atoms with Crippen LogP contribution in [0.25, 0.3) is 11.0 Å². The molecule has 0 radical (unpaired) electrons. The summed E-state index contributed by atoms with van der Waals surface area (Å²) in [6.45, 7) is 6.27. The van der Waals surface area contributed by atoms with E-state index in [-0.39, 0.29) is 18.1 Å². The zero-order valence-electron chi connectivity index (χ0n) is 17.1. The van der Waals surface area contributed by atoms with E-state index in [1.807, 2.05) is 36.9 Å². The first-order valence-electron chi connectivity index (χ1n) is 9.97. The van der Waals surface area contributed by atoms with Crippen molar-refractivity contribution in [3.05, 3.63) is 64.0 Å². The topological polar surface area (TPSA) is 81.0 Å². The molecule has 0 saturated heterocycles. The van der Waals surface area contributed by atoms with Crippen molar-refractivity contribution < 1.29 is 18.7 Å². The molecule has 0 unspecified atom stereocenters. The number of aryl methyl sites for hydroxylation is 1. The Balaban J connectivity index is 1.47. The van der Waals surface area contributed by atoms with Crippen molar-refractivity contribution in [3.8, 4) is 11.5 Å². The van der Waals surface area contributed by atoms with Gasteiger partial charge in [0.2, 0.25) is 5.91 Å². The molecular formula is C23H24N2O5. The van der Waals surface area contributed by atoms with Gasteiger partial charge in [0, 0.05) is 29.8 Å². The molecule has 0 bridgehead atoms. The molecule has 1 aromatic heterocycles. The lowest BCUT2D eigenvalue weighted by atomic mass is 10.1. The van der Waals surface area contributed by atoms with E-state index >= 15 is 0 Å². The smallest absolute Gasteiger partial charge is 0.336 e. The van der Waals surface area contributed by atoms with E-state index in [0.717, 1.165) is 16.5 Å². The molecule has 2 aromatic carbocycles. The van der Waals surface area contributed by atoms with Crippen LogP contribution in [0.5, 0.6) is 11.5 Å². The molecule has 1 amide bonds. The first kappa shape index (κ1) is 20.0. The number of ether oxygens (including phenoxy) is 2. The molecule has 0 fully saturated rings. The minimum Gasteiger partial charge on any atom is -0.486 e. The first-order valence-corrected chi connectivity index (χ1v) is 9.97. The Kier molecular flexibility index (Phi) is 5.72. The zero-order valence-corrected chi connectivity index (χ0v) is 17.1. The fourth-order valence-electron chi connectivity index (χ4n) is 3.51. The van der Waals surface area contributed by atoms with Crippen LogP contribution in [-0.4, -0.2) is 37.1 Å². The molecule has 156 valence electrons. The number of hydrogen-bond acceptors (Lipinski definition) is 6. The van der Waals surface area contributed by atoms with Gasteiger partial charge < -0.3 is 19.2 Å². The van der Waals surface area contributed by atoms with E-state index in [4.69, 9.17) is 13.9 Å². The third-order valence-electron chi connectivity index (χ3n) is 5.02. The van der Waals surface area contributed by atoms with Gasteiger partial charge in [0.25, 0.3) is 0 Å². The summed E-state index contributed by atoms with van der Waals surface area (Å²) in [4.78, 5) is 26.6. The quantitative estimate of drug-likeness (QED) is 0.630. The maximum atomic E-state index is 12.6. The third-order valence-corrected chi connectivity index (χ3v) is 5.02. The second-order valence-electron chi connectivity index (χ2n) is 7.30. The number of anilines is 1. The second-order valence-corrected chi connectivity index (χ2v) is 7.30. The van der Waals surface area contributed by atoms with Crippen molar-refractivity contribution in [2.45, 2.75) is 20.4 Å². The Morgan fingerprint density at radius 2 is 1.87 bits per heavy atom. The Labute approximate surface area is 174 Å². The Morgan fingerprint density at radius 3 is 2.67 bits per heavy atom. The predicted octanol–water partition coefficient (Wildman–Crippen LogP) is 3.33. The molecule has 0 saturated carbocycles. The average Bonchev–Trinajstić information content (AvgIpc) is 2.72. The molecule has 1 aliphatic rings. The molecule has 0 aliphatic carbocycles. The fraction of sp³-hybridized carbons (Fsp3) is 0.304. The molecule has 3 aromatic rings. The van der Waals surface area contributed by atoms with Gasteiger partial charge in [-0.05, 0) is 42.8 Å². The van der Waals surface area contributed by atoms with Crippen LogP contribution >= 0.6 is 0 Å². The van der Waals surface area contributed by atoms with Crippen LogP contribution in [0.3, 0.4) is 0 Å². The van der Waals surface area contributed by atoms with Gasteiger partial charge in [0.05, 0.1) is 6.54 Å². The lowest BCUT2D eigenvalue weighted by Gasteiger charge is -2.21. The average molecular weight is 408 g/mol. The Morgan fingerprint density at radius 1 is 1.07 bits per heavy atom. The van der Waals surface area contributed by atoms with Crippen molar-refractivity contribution in [2.24, 2.45) is 0 Å². The van der Waals surface area contributed by atoms with E-state index in [2.05, 4.69) is 5.32 Å². The summed E-state index contributed by atoms with van der Waals surface area (Å²) in [5.74, 6) is 1.17. The molecule has 30 heavy (non-hydrogen) atoms. The SMILES string of the molecule is CCN(CC(=O)Nc1ccc2c(c1)OCCO2)Cc1cc(=O)oc2cc(C)ccc12. The number of likely N-dealkylation sites (N-methyl/N-ethyl adjacent to an activating group) is 1. The monoisotopic (exact) mass is 408 g/mol. The van der Waals surface area contributed by atoms with E-state index < -0.39 is 0 Å². The third kappa shape index (κ3) is 4.46. The summed E-state index contributed by atoms with van der Waals surface area (Å²) >= 11 is 0. The Bertz CT molecular complexity index is 1140. The molecule has 0 spiro atoms. The lowest BCUT2D eigenvalue weighted by Crippen LogP contribution is -2.33. The molecule has 7 nitrogen and oxygen atoms in total. The molecule has 7 heteroatoms. The van der Waals surface area contributed by atoms with Gasteiger partial charge in [-0.3, -0.25) is 9.69 Å². The van der Waals surface area contributed by atoms with Crippen LogP contribution in [0.2, 0.25) is 0 Å². The fourth-order valence-corrected chi connectivity index (χ4v) is 3.51. The van der Waals surface area contributed by atoms with Gasteiger partial charge in [-0.25, -0.2) is 4.79 Å². The number of rotatable bonds is 6.